The third-order valence-corrected chi connectivity index (χ3v) is 38.2. The molecule has 10 saturated carbocycles. The molecular formula is C122H162N6. The Hall–Kier alpha value is -8.22. The minimum atomic E-state index is 0.179. The molecule has 0 aromatic heterocycles. The summed E-state index contributed by atoms with van der Waals surface area (Å²) in [6.07, 6.45) is 33.2. The highest BCUT2D eigenvalue weighted by Crippen LogP contribution is 2.72. The molecule has 0 radical (unpaired) electrons. The van der Waals surface area contributed by atoms with Gasteiger partial charge in [0.05, 0.1) is 0 Å². The summed E-state index contributed by atoms with van der Waals surface area (Å²) in [5.74, 6) is 7.97. The van der Waals surface area contributed by atoms with Crippen molar-refractivity contribution in [3.05, 3.63) is 268 Å². The highest BCUT2D eigenvalue weighted by molar-refractivity contribution is 5.79. The van der Waals surface area contributed by atoms with Crippen LogP contribution in [-0.4, -0.2) is 52.9 Å². The van der Waals surface area contributed by atoms with Gasteiger partial charge in [-0.1, -0.05) is 230 Å². The predicted molar refractivity (Wildman–Crippen MR) is 548 cm³/mol. The van der Waals surface area contributed by atoms with Crippen molar-refractivity contribution in [3.8, 4) is 0 Å². The molecule has 13 fully saturated rings. The standard InChI is InChI=1S/C25H29N.C23H33N.C21H25N.C19H29N.C18H21N.C16H25N/c1-16-7-3-5-9-23(16)26-17(2)25(22-8-4-6-10-24(22)26)20-12-18-11-19(14-20)15-21(25)13-18;1-15-7-5-6-8-21(15)24-16(2)23(14-22(24,3)4)19-10-17-9-18(12-19)13-20(23)11-17;1-16-10-4-6-12-19(16)22-17(2)21(14-8-3-9-15-21)18-11-5-7-13-20(18)22;1-15-10-6-7-11-17(15)20-16(2)19(14-18(20,3)4)12-8-5-9-13-19;1-13-9-5-7-11-16(13)19-14(2)18(3,4)15-10-6-8-12-17(15)19;1-12-9-7-8-10-14(12)17-13(2)15(3,4)11-16(17,5)6/h3-10,17-21H,11-15H2,1-2H3;5-8,16-20H,9-14H2,1-4H3;4-7,10-13,17H,3,8-9,14-15H2,1-2H3;6-7,10-11,16H,5,8-9,12-14H2,1-4H3;5-12,14H,1-4H3;7-10,13H,11H2,1-6H3. The van der Waals surface area contributed by atoms with E-state index in [1.807, 2.05) is 0 Å². The van der Waals surface area contributed by atoms with Gasteiger partial charge >= 0.3 is 0 Å². The first-order chi connectivity index (χ1) is 61.1. The van der Waals surface area contributed by atoms with Gasteiger partial charge in [0.15, 0.2) is 0 Å². The number of hydrogen-bond donors (Lipinski definition) is 0. The zero-order valence-corrected chi connectivity index (χ0v) is 83.3. The minimum absolute atomic E-state index is 0.179. The van der Waals surface area contributed by atoms with Gasteiger partial charge in [-0.3, -0.25) is 0 Å². The lowest BCUT2D eigenvalue weighted by atomic mass is 9.42. The normalized spacial score (nSPS) is 31.4. The SMILES string of the molecule is Cc1ccccc1N1C(C)C(C)(C)CC1(C)C.Cc1ccccc1N1C(C)C2(CC1(C)C)C1CC3CC(C1)CC2C3.Cc1ccccc1N1C(C)C2(CCCCC2)CC1(C)C.Cc1ccccc1N1c2ccccc2C(C)(C)C1C.Cc1ccccc1N1c2ccccc2C2(C3CC4CC(C3)CC2C4)C1C.Cc1ccccc1N1c2ccccc2C2(CCCCC2)C1C. The Labute approximate surface area is 776 Å². The summed E-state index contributed by atoms with van der Waals surface area (Å²) >= 11 is 0. The van der Waals surface area contributed by atoms with Gasteiger partial charge in [0.2, 0.25) is 0 Å². The summed E-state index contributed by atoms with van der Waals surface area (Å²) in [4.78, 5) is 16.0. The Bertz CT molecular complexity index is 5370. The maximum atomic E-state index is 2.82. The molecule has 128 heavy (non-hydrogen) atoms. The summed E-state index contributed by atoms with van der Waals surface area (Å²) in [6, 6.07) is 84.0. The largest absolute Gasteiger partial charge is 0.363 e. The van der Waals surface area contributed by atoms with Gasteiger partial charge in [-0.05, 0) is 402 Å². The van der Waals surface area contributed by atoms with E-state index in [1.54, 1.807) is 17.5 Å². The van der Waals surface area contributed by atoms with E-state index in [-0.39, 0.29) is 22.0 Å². The van der Waals surface area contributed by atoms with Crippen LogP contribution in [0.25, 0.3) is 0 Å². The molecule has 4 spiro atoms. The van der Waals surface area contributed by atoms with Gasteiger partial charge in [0.25, 0.3) is 0 Å². The molecule has 16 aliphatic rings. The molecule has 0 N–H and O–H groups in total. The molecule has 6 heteroatoms. The predicted octanol–water partition coefficient (Wildman–Crippen LogP) is 32.3. The third kappa shape index (κ3) is 15.2. The lowest BCUT2D eigenvalue weighted by Crippen LogP contribution is -2.60. The smallest absolute Gasteiger partial charge is 0.0452 e. The van der Waals surface area contributed by atoms with Crippen LogP contribution < -0.4 is 29.4 Å². The fraction of sp³-hybridized carbons (Fsp3) is 0.557. The quantitative estimate of drug-likeness (QED) is 0.164. The number of hydrogen-bond acceptors (Lipinski definition) is 6. The Morgan fingerprint density at radius 1 is 0.242 bits per heavy atom. The van der Waals surface area contributed by atoms with E-state index < -0.39 is 0 Å². The van der Waals surface area contributed by atoms with Crippen molar-refractivity contribution in [1.29, 1.82) is 0 Å². The number of para-hydroxylation sites is 9. The van der Waals surface area contributed by atoms with E-state index in [0.717, 1.165) is 47.3 Å². The van der Waals surface area contributed by atoms with Crippen molar-refractivity contribution in [2.45, 2.75) is 369 Å². The van der Waals surface area contributed by atoms with Crippen LogP contribution in [0.5, 0.6) is 0 Å². The molecule has 6 heterocycles. The van der Waals surface area contributed by atoms with Crippen molar-refractivity contribution >= 4 is 51.2 Å². The van der Waals surface area contributed by atoms with Gasteiger partial charge in [0, 0.05) is 120 Å². The van der Waals surface area contributed by atoms with E-state index in [2.05, 4.69) is 400 Å². The second-order valence-electron chi connectivity index (χ2n) is 47.5. The van der Waals surface area contributed by atoms with Crippen LogP contribution in [0, 0.1) is 105 Å². The summed E-state index contributed by atoms with van der Waals surface area (Å²) in [5, 5.41) is 0. The van der Waals surface area contributed by atoms with Crippen LogP contribution in [0.15, 0.2) is 218 Å². The lowest BCUT2D eigenvalue weighted by molar-refractivity contribution is -0.113. The highest BCUT2D eigenvalue weighted by Gasteiger charge is 2.68. The summed E-state index contributed by atoms with van der Waals surface area (Å²) in [5.41, 5.74) is 29.0. The molecule has 0 amide bonds. The van der Waals surface area contributed by atoms with Crippen LogP contribution in [0.3, 0.4) is 0 Å². The Morgan fingerprint density at radius 2 is 0.539 bits per heavy atom. The minimum Gasteiger partial charge on any atom is -0.363 e. The molecule has 25 rings (SSSR count). The van der Waals surface area contributed by atoms with E-state index in [1.165, 1.54) is 231 Å². The number of aryl methyl sites for hydroxylation is 6. The molecule has 9 aromatic carbocycles. The summed E-state index contributed by atoms with van der Waals surface area (Å²) in [7, 11) is 0. The molecule has 9 aromatic rings. The van der Waals surface area contributed by atoms with Gasteiger partial charge < -0.3 is 29.4 Å². The van der Waals surface area contributed by atoms with E-state index in [0.29, 0.717) is 63.3 Å². The number of nitrogens with zero attached hydrogens (tertiary/aromatic N) is 6. The fourth-order valence-corrected chi connectivity index (χ4v) is 32.8. The molecule has 6 nitrogen and oxygen atoms in total. The first-order valence-corrected chi connectivity index (χ1v) is 51.5. The van der Waals surface area contributed by atoms with E-state index in [4.69, 9.17) is 0 Å². The van der Waals surface area contributed by atoms with Crippen LogP contribution in [0.1, 0.15) is 309 Å². The van der Waals surface area contributed by atoms with Crippen molar-refractivity contribution in [2.24, 2.45) is 63.6 Å². The van der Waals surface area contributed by atoms with Crippen molar-refractivity contribution in [1.82, 2.24) is 0 Å². The topological polar surface area (TPSA) is 19.4 Å². The summed E-state index contributed by atoms with van der Waals surface area (Å²) in [6.45, 7) is 52.3. The molecule has 3 saturated heterocycles. The maximum Gasteiger partial charge on any atom is 0.0452 e. The third-order valence-electron chi connectivity index (χ3n) is 38.2. The average molecular weight is 1710 g/mol. The van der Waals surface area contributed by atoms with Crippen LogP contribution in [-0.2, 0) is 16.2 Å². The Balaban J connectivity index is 0.000000104. The van der Waals surface area contributed by atoms with E-state index in [9.17, 15) is 0 Å². The van der Waals surface area contributed by atoms with E-state index >= 15 is 0 Å². The zero-order chi connectivity index (χ0) is 90.2. The van der Waals surface area contributed by atoms with Crippen LogP contribution >= 0.6 is 0 Å². The number of benzene rings is 9. The Morgan fingerprint density at radius 3 is 0.938 bits per heavy atom. The monoisotopic (exact) mass is 1710 g/mol. The van der Waals surface area contributed by atoms with Gasteiger partial charge in [-0.2, -0.15) is 0 Å². The molecule has 680 valence electrons. The maximum absolute atomic E-state index is 2.82. The molecular weight excluding hydrogens is 1550 g/mol. The highest BCUT2D eigenvalue weighted by atomic mass is 15.3. The second kappa shape index (κ2) is 34.4. The van der Waals surface area contributed by atoms with Crippen LogP contribution in [0.4, 0.5) is 51.2 Å². The fourth-order valence-electron chi connectivity index (χ4n) is 32.8. The van der Waals surface area contributed by atoms with Gasteiger partial charge in [0.1, 0.15) is 0 Å². The first kappa shape index (κ1) is 90.3. The number of fused-ring (bicyclic) bond motifs is 4. The first-order valence-electron chi connectivity index (χ1n) is 51.5. The lowest BCUT2D eigenvalue weighted by Gasteiger charge is -2.62. The molecule has 6 aliphatic heterocycles. The number of anilines is 9. The van der Waals surface area contributed by atoms with Gasteiger partial charge in [-0.25, -0.2) is 0 Å². The van der Waals surface area contributed by atoms with Crippen molar-refractivity contribution in [3.63, 3.8) is 0 Å². The van der Waals surface area contributed by atoms with Crippen LogP contribution in [0.2, 0.25) is 0 Å². The van der Waals surface area contributed by atoms with Crippen molar-refractivity contribution < 1.29 is 0 Å². The van der Waals surface area contributed by atoms with Crippen molar-refractivity contribution in [2.75, 3.05) is 29.4 Å². The molecule has 6 atom stereocenters. The number of rotatable bonds is 6. The zero-order valence-electron chi connectivity index (χ0n) is 83.3. The van der Waals surface area contributed by atoms with Gasteiger partial charge in [-0.15, -0.1) is 0 Å². The molecule has 10 aliphatic carbocycles. The molecule has 8 bridgehead atoms. The molecule has 6 unspecified atom stereocenters. The second-order valence-corrected chi connectivity index (χ2v) is 47.5. The Kier molecular flexibility index (Phi) is 24.3. The summed E-state index contributed by atoms with van der Waals surface area (Å²) < 4.78 is 0. The average Bonchev–Trinajstić information content (AvgIpc) is 1.52.